The van der Waals surface area contributed by atoms with Gasteiger partial charge in [-0.15, -0.1) is 0 Å². The van der Waals surface area contributed by atoms with Gasteiger partial charge in [-0.05, 0) is 26.2 Å². The molecule has 0 saturated carbocycles. The van der Waals surface area contributed by atoms with Crippen molar-refractivity contribution in [1.29, 1.82) is 0 Å². The Bertz CT molecular complexity index is 359. The van der Waals surface area contributed by atoms with Crippen molar-refractivity contribution in [3.63, 3.8) is 0 Å². The van der Waals surface area contributed by atoms with Crippen LogP contribution in [0, 0.1) is 5.41 Å². The van der Waals surface area contributed by atoms with Gasteiger partial charge in [-0.2, -0.15) is 4.72 Å². The number of nitrogens with one attached hydrogen (secondary N) is 1. The summed E-state index contributed by atoms with van der Waals surface area (Å²) in [5.41, 5.74) is -0.676. The van der Waals surface area contributed by atoms with Crippen molar-refractivity contribution >= 4 is 16.0 Å². The molecule has 6 heteroatoms. The Morgan fingerprint density at radius 3 is 1.69 bits per heavy atom. The first-order valence-electron chi connectivity index (χ1n) is 5.04. The first-order valence-corrected chi connectivity index (χ1v) is 6.52. The summed E-state index contributed by atoms with van der Waals surface area (Å²) in [6.45, 7) is 9.61. The molecule has 2 N–H and O–H groups in total. The van der Waals surface area contributed by atoms with E-state index in [0.29, 0.717) is 0 Å². The number of rotatable bonds is 3. The Labute approximate surface area is 97.3 Å². The van der Waals surface area contributed by atoms with Crippen molar-refractivity contribution in [2.24, 2.45) is 5.41 Å². The Hall–Kier alpha value is -0.620. The van der Waals surface area contributed by atoms with Gasteiger partial charge in [-0.1, -0.05) is 20.8 Å². The van der Waals surface area contributed by atoms with Gasteiger partial charge < -0.3 is 5.11 Å². The average molecular weight is 251 g/mol. The van der Waals surface area contributed by atoms with E-state index in [0.717, 1.165) is 0 Å². The van der Waals surface area contributed by atoms with Gasteiger partial charge in [0.2, 0.25) is 10.0 Å². The van der Waals surface area contributed by atoms with Crippen LogP contribution in [0.4, 0.5) is 0 Å². The smallest absolute Gasteiger partial charge is 0.322 e. The van der Waals surface area contributed by atoms with Crippen molar-refractivity contribution in [3.8, 4) is 0 Å². The van der Waals surface area contributed by atoms with Gasteiger partial charge >= 0.3 is 5.97 Å². The molecule has 16 heavy (non-hydrogen) atoms. The van der Waals surface area contributed by atoms with Crippen LogP contribution < -0.4 is 4.72 Å². The predicted octanol–water partition coefficient (Wildman–Crippen LogP) is 1.20. The molecule has 0 amide bonds. The Morgan fingerprint density at radius 1 is 1.12 bits per heavy atom. The lowest BCUT2D eigenvalue weighted by Crippen LogP contribution is -2.53. The fourth-order valence-electron chi connectivity index (χ4n) is 0.930. The summed E-state index contributed by atoms with van der Waals surface area (Å²) in [5.74, 6) is -1.17. The number of carbonyl (C=O) groups is 1. The molecular weight excluding hydrogens is 230 g/mol. The number of carboxylic acid groups (broad SMARTS) is 1. The summed E-state index contributed by atoms with van der Waals surface area (Å²) in [6.07, 6.45) is 0. The van der Waals surface area contributed by atoms with E-state index >= 15 is 0 Å². The zero-order valence-electron chi connectivity index (χ0n) is 10.7. The van der Waals surface area contributed by atoms with Crippen LogP contribution in [0.25, 0.3) is 0 Å². The minimum absolute atomic E-state index is 0.676. The molecule has 0 aliphatic carbocycles. The Kier molecular flexibility index (Phi) is 4.16. The van der Waals surface area contributed by atoms with Crippen molar-refractivity contribution in [1.82, 2.24) is 4.72 Å². The summed E-state index contributed by atoms with van der Waals surface area (Å²) in [5, 5.41) is 9.01. The van der Waals surface area contributed by atoms with Crippen LogP contribution in [0.5, 0.6) is 0 Å². The fraction of sp³-hybridized carbons (Fsp3) is 0.900. The minimum Gasteiger partial charge on any atom is -0.480 e. The predicted molar refractivity (Wildman–Crippen MR) is 62.7 cm³/mol. The number of hydrogen-bond donors (Lipinski definition) is 2. The van der Waals surface area contributed by atoms with Crippen LogP contribution in [-0.2, 0) is 14.8 Å². The second kappa shape index (κ2) is 4.33. The van der Waals surface area contributed by atoms with E-state index in [2.05, 4.69) is 4.72 Å². The molecule has 0 unspecified atom stereocenters. The molecule has 0 fully saturated rings. The molecule has 0 aromatic heterocycles. The molecule has 5 nitrogen and oxygen atoms in total. The topological polar surface area (TPSA) is 83.5 Å². The normalized spacial score (nSPS) is 15.9. The van der Waals surface area contributed by atoms with E-state index in [1.165, 1.54) is 20.8 Å². The summed E-state index contributed by atoms with van der Waals surface area (Å²) in [6, 6.07) is -1.13. The molecule has 0 radical (unpaired) electrons. The van der Waals surface area contributed by atoms with Crippen LogP contribution in [-0.4, -0.2) is 30.3 Å². The lowest BCUT2D eigenvalue weighted by Gasteiger charge is -2.30. The molecule has 0 aliphatic rings. The zero-order valence-corrected chi connectivity index (χ0v) is 11.5. The van der Waals surface area contributed by atoms with Crippen LogP contribution in [0.2, 0.25) is 0 Å². The maximum absolute atomic E-state index is 11.8. The highest BCUT2D eigenvalue weighted by atomic mass is 32.2. The first-order chi connectivity index (χ1) is 6.79. The second-order valence-electron chi connectivity index (χ2n) is 5.87. The van der Waals surface area contributed by atoms with E-state index < -0.39 is 32.2 Å². The van der Waals surface area contributed by atoms with Crippen LogP contribution in [0.15, 0.2) is 0 Å². The summed E-state index contributed by atoms with van der Waals surface area (Å²) < 4.78 is 24.9. The van der Waals surface area contributed by atoms with Gasteiger partial charge in [-0.3, -0.25) is 4.79 Å². The molecule has 0 rings (SSSR count). The maximum Gasteiger partial charge on any atom is 0.322 e. The maximum atomic E-state index is 11.8. The first kappa shape index (κ1) is 15.4. The lowest BCUT2D eigenvalue weighted by atomic mass is 9.88. The van der Waals surface area contributed by atoms with E-state index in [9.17, 15) is 13.2 Å². The van der Waals surface area contributed by atoms with Crippen LogP contribution in [0.1, 0.15) is 41.5 Å². The van der Waals surface area contributed by atoms with Gasteiger partial charge in [-0.25, -0.2) is 8.42 Å². The van der Waals surface area contributed by atoms with Crippen LogP contribution in [0.3, 0.4) is 0 Å². The Morgan fingerprint density at radius 2 is 1.50 bits per heavy atom. The second-order valence-corrected chi connectivity index (χ2v) is 8.34. The molecule has 0 spiro atoms. The SMILES string of the molecule is CC(C)(C)[C@@H](NS(=O)(=O)C(C)(C)C)C(=O)O. The van der Waals surface area contributed by atoms with E-state index in [-0.39, 0.29) is 0 Å². The third-order valence-corrected chi connectivity index (χ3v) is 4.35. The quantitative estimate of drug-likeness (QED) is 0.789. The average Bonchev–Trinajstić information content (AvgIpc) is 1.95. The standard InChI is InChI=1S/C10H21NO4S/c1-9(2,3)7(8(12)13)11-16(14,15)10(4,5)6/h7,11H,1-6H3,(H,12,13)/t7-/m0/s1. The van der Waals surface area contributed by atoms with Gasteiger partial charge in [0, 0.05) is 0 Å². The summed E-state index contributed by atoms with van der Waals surface area (Å²) in [7, 11) is -3.66. The lowest BCUT2D eigenvalue weighted by molar-refractivity contribution is -0.141. The van der Waals surface area contributed by atoms with Crippen molar-refractivity contribution in [2.75, 3.05) is 0 Å². The minimum atomic E-state index is -3.66. The zero-order chi connectivity index (χ0) is 13.4. The Balaban J connectivity index is 5.16. The highest BCUT2D eigenvalue weighted by Gasteiger charge is 2.39. The molecular formula is C10H21NO4S. The number of hydrogen-bond acceptors (Lipinski definition) is 3. The molecule has 0 heterocycles. The largest absolute Gasteiger partial charge is 0.480 e. The van der Waals surface area contributed by atoms with Crippen LogP contribution >= 0.6 is 0 Å². The van der Waals surface area contributed by atoms with Crippen molar-refractivity contribution in [2.45, 2.75) is 52.3 Å². The number of aliphatic carboxylic acids is 1. The third kappa shape index (κ3) is 3.75. The van der Waals surface area contributed by atoms with E-state index in [1.54, 1.807) is 20.8 Å². The van der Waals surface area contributed by atoms with E-state index in [4.69, 9.17) is 5.11 Å². The van der Waals surface area contributed by atoms with Gasteiger partial charge in [0.15, 0.2) is 0 Å². The molecule has 0 saturated heterocycles. The number of sulfonamides is 1. The highest BCUT2D eigenvalue weighted by Crippen LogP contribution is 2.23. The van der Waals surface area contributed by atoms with Gasteiger partial charge in [0.1, 0.15) is 6.04 Å². The van der Waals surface area contributed by atoms with Gasteiger partial charge in [0.05, 0.1) is 4.75 Å². The third-order valence-electron chi connectivity index (χ3n) is 2.19. The van der Waals surface area contributed by atoms with Crippen molar-refractivity contribution in [3.05, 3.63) is 0 Å². The van der Waals surface area contributed by atoms with Gasteiger partial charge in [0.25, 0.3) is 0 Å². The molecule has 0 bridgehead atoms. The number of carboxylic acids is 1. The fourth-order valence-corrected chi connectivity index (χ4v) is 2.05. The molecule has 0 aromatic rings. The van der Waals surface area contributed by atoms with E-state index in [1.807, 2.05) is 0 Å². The summed E-state index contributed by atoms with van der Waals surface area (Å²) >= 11 is 0. The highest BCUT2D eigenvalue weighted by molar-refractivity contribution is 7.90. The molecule has 0 aromatic carbocycles. The molecule has 96 valence electrons. The summed E-state index contributed by atoms with van der Waals surface area (Å²) in [4.78, 5) is 11.0. The monoisotopic (exact) mass is 251 g/mol. The van der Waals surface area contributed by atoms with Crippen molar-refractivity contribution < 1.29 is 18.3 Å². The molecule has 1 atom stereocenters. The molecule has 0 aliphatic heterocycles.